The van der Waals surface area contributed by atoms with Gasteiger partial charge in [0.1, 0.15) is 11.2 Å². The van der Waals surface area contributed by atoms with Crippen molar-refractivity contribution in [3.05, 3.63) is 182 Å². The Morgan fingerprint density at radius 2 is 0.939 bits per heavy atom. The van der Waals surface area contributed by atoms with Crippen LogP contribution >= 0.6 is 0 Å². The predicted octanol–water partition coefficient (Wildman–Crippen LogP) is 13.7. The Kier molecular flexibility index (Phi) is 5.20. The lowest BCUT2D eigenvalue weighted by Crippen LogP contribution is -1.93. The highest BCUT2D eigenvalue weighted by Crippen LogP contribution is 2.49. The summed E-state index contributed by atoms with van der Waals surface area (Å²) in [5.41, 5.74) is 8.86. The summed E-state index contributed by atoms with van der Waals surface area (Å²) in [6.45, 7) is 0. The number of benzene rings is 9. The summed E-state index contributed by atoms with van der Waals surface area (Å²) in [5.74, 6) is 0. The lowest BCUT2D eigenvalue weighted by atomic mass is 9.83. The predicted molar refractivity (Wildman–Crippen MR) is 208 cm³/mol. The zero-order chi connectivity index (χ0) is 36.7. The highest BCUT2D eigenvalue weighted by molar-refractivity contribution is 6.23. The summed E-state index contributed by atoms with van der Waals surface area (Å²) in [6, 6.07) is 50.4. The number of fused-ring (bicyclic) bond motifs is 6. The largest absolute Gasteiger partial charge is 0.456 e. The van der Waals surface area contributed by atoms with Gasteiger partial charge in [0.2, 0.25) is 0 Å². The molecule has 9 aromatic carbocycles. The molecule has 0 aliphatic carbocycles. The van der Waals surface area contributed by atoms with E-state index in [4.69, 9.17) is 11.3 Å². The third-order valence-corrected chi connectivity index (χ3v) is 9.73. The van der Waals surface area contributed by atoms with Crippen molar-refractivity contribution < 1.29 is 11.3 Å². The Hall–Kier alpha value is -6.44. The van der Waals surface area contributed by atoms with Crippen molar-refractivity contribution in [2.45, 2.75) is 0 Å². The van der Waals surface area contributed by atoms with Crippen LogP contribution in [0.4, 0.5) is 0 Å². The molecule has 1 heterocycles. The van der Waals surface area contributed by atoms with Crippen molar-refractivity contribution in [3.8, 4) is 44.5 Å². The number of rotatable bonds is 4. The van der Waals surface area contributed by atoms with Gasteiger partial charge in [0.05, 0.1) is 6.85 Å². The smallest absolute Gasteiger partial charge is 0.136 e. The van der Waals surface area contributed by atoms with Gasteiger partial charge in [0, 0.05) is 16.3 Å². The van der Waals surface area contributed by atoms with Crippen molar-refractivity contribution >= 4 is 54.3 Å². The normalized spacial score (nSPS) is 13.1. The van der Waals surface area contributed by atoms with Crippen molar-refractivity contribution in [3.63, 3.8) is 0 Å². The van der Waals surface area contributed by atoms with Gasteiger partial charge < -0.3 is 4.42 Å². The van der Waals surface area contributed by atoms with Crippen LogP contribution in [-0.2, 0) is 0 Å². The van der Waals surface area contributed by atoms with Gasteiger partial charge in [-0.1, -0.05) is 158 Å². The van der Waals surface area contributed by atoms with Crippen molar-refractivity contribution in [1.82, 2.24) is 0 Å². The number of para-hydroxylation sites is 1. The van der Waals surface area contributed by atoms with E-state index in [9.17, 15) is 0 Å². The first-order chi connectivity index (χ1) is 26.4. The van der Waals surface area contributed by atoms with E-state index in [1.54, 1.807) is 0 Å². The molecular weight excluding hydrogens is 593 g/mol. The van der Waals surface area contributed by atoms with Gasteiger partial charge in [-0.15, -0.1) is 0 Å². The average molecular weight is 628 g/mol. The molecular formula is C48H30O. The summed E-state index contributed by atoms with van der Waals surface area (Å²) in [7, 11) is 0. The third-order valence-electron chi connectivity index (χ3n) is 9.73. The molecule has 1 nitrogen and oxygen atoms in total. The minimum absolute atomic E-state index is 0.199. The molecule has 10 rings (SSSR count). The molecule has 1 heteroatoms. The number of hydrogen-bond donors (Lipinski definition) is 0. The van der Waals surface area contributed by atoms with Gasteiger partial charge in [-0.05, 0) is 95.5 Å². The second-order valence-corrected chi connectivity index (χ2v) is 12.4. The first kappa shape index (κ1) is 23.0. The monoisotopic (exact) mass is 627 g/mol. The molecule has 0 spiro atoms. The maximum atomic E-state index is 8.98. The molecule has 0 unspecified atom stereocenters. The molecule has 0 aliphatic rings. The van der Waals surface area contributed by atoms with Crippen molar-refractivity contribution in [2.75, 3.05) is 0 Å². The maximum Gasteiger partial charge on any atom is 0.136 e. The van der Waals surface area contributed by atoms with Gasteiger partial charge in [-0.3, -0.25) is 0 Å². The zero-order valence-corrected chi connectivity index (χ0v) is 26.3. The molecule has 0 saturated carbocycles. The molecule has 0 aliphatic heterocycles. The van der Waals surface area contributed by atoms with E-state index in [2.05, 4.69) is 97.1 Å². The standard InChI is InChI=1S/C48H30O/c1-3-15-31(16-4-1)36-27-28-44-48(41-25-13-14-26-43(41)49-44)47(36)42-30-34(29-33-19-7-8-20-35(33)42)46-39-23-11-9-21-37(39)45(32-17-5-2-6-18-32)38-22-10-12-24-40(38)46/h1-30H/i2D,5D,6D,17D,18D. The van der Waals surface area contributed by atoms with E-state index in [1.807, 2.05) is 54.6 Å². The van der Waals surface area contributed by atoms with Crippen LogP contribution in [0.3, 0.4) is 0 Å². The van der Waals surface area contributed by atoms with E-state index in [1.165, 1.54) is 0 Å². The van der Waals surface area contributed by atoms with Crippen LogP contribution in [0.1, 0.15) is 6.85 Å². The molecule has 49 heavy (non-hydrogen) atoms. The Labute approximate surface area is 291 Å². The van der Waals surface area contributed by atoms with Gasteiger partial charge in [0.25, 0.3) is 0 Å². The fraction of sp³-hybridized carbons (Fsp3) is 0. The molecule has 0 atom stereocenters. The summed E-state index contributed by atoms with van der Waals surface area (Å²) < 4.78 is 49.8. The SMILES string of the molecule is [2H]c1c([2H])c([2H])c(-c2c3ccccc3c(-c3cc(-c4c(-c5ccccc5)ccc5oc6ccccc6c45)c4ccccc4c3)c3ccccc23)c([2H])c1[2H]. The fourth-order valence-corrected chi connectivity index (χ4v) is 7.70. The summed E-state index contributed by atoms with van der Waals surface area (Å²) >= 11 is 0. The zero-order valence-electron chi connectivity index (χ0n) is 31.3. The lowest BCUT2D eigenvalue weighted by Gasteiger charge is -2.20. The van der Waals surface area contributed by atoms with Crippen LogP contribution in [0.2, 0.25) is 0 Å². The van der Waals surface area contributed by atoms with Gasteiger partial charge in [-0.2, -0.15) is 0 Å². The molecule has 228 valence electrons. The van der Waals surface area contributed by atoms with E-state index in [0.717, 1.165) is 87.6 Å². The van der Waals surface area contributed by atoms with Crippen LogP contribution in [0.15, 0.2) is 186 Å². The van der Waals surface area contributed by atoms with Crippen LogP contribution < -0.4 is 0 Å². The second kappa shape index (κ2) is 11.1. The molecule has 0 saturated heterocycles. The van der Waals surface area contributed by atoms with Crippen molar-refractivity contribution in [2.24, 2.45) is 0 Å². The quantitative estimate of drug-likeness (QED) is 0.177. The molecule has 0 radical (unpaired) electrons. The van der Waals surface area contributed by atoms with Gasteiger partial charge >= 0.3 is 0 Å². The highest BCUT2D eigenvalue weighted by Gasteiger charge is 2.22. The van der Waals surface area contributed by atoms with E-state index >= 15 is 0 Å². The Morgan fingerprint density at radius 3 is 1.63 bits per heavy atom. The van der Waals surface area contributed by atoms with Crippen LogP contribution in [0.25, 0.3) is 98.8 Å². The third kappa shape index (κ3) is 4.33. The first-order valence-corrected chi connectivity index (χ1v) is 16.4. The van der Waals surface area contributed by atoms with Crippen molar-refractivity contribution in [1.29, 1.82) is 0 Å². The van der Waals surface area contributed by atoms with Gasteiger partial charge in [0.15, 0.2) is 0 Å². The Bertz CT molecular complexity index is 3080. The topological polar surface area (TPSA) is 13.1 Å². The minimum Gasteiger partial charge on any atom is -0.456 e. The van der Waals surface area contributed by atoms with Crippen LogP contribution in [0, 0.1) is 0 Å². The Balaban J connectivity index is 1.36. The Morgan fingerprint density at radius 1 is 0.367 bits per heavy atom. The summed E-state index contributed by atoms with van der Waals surface area (Å²) in [6.07, 6.45) is 0. The van der Waals surface area contributed by atoms with E-state index < -0.39 is 6.04 Å². The number of hydrogen-bond acceptors (Lipinski definition) is 1. The van der Waals surface area contributed by atoms with E-state index in [-0.39, 0.29) is 29.7 Å². The van der Waals surface area contributed by atoms with E-state index in [0.29, 0.717) is 5.56 Å². The maximum absolute atomic E-state index is 8.98. The molecule has 0 N–H and O–H groups in total. The minimum atomic E-state index is -0.405. The molecule has 0 amide bonds. The average Bonchev–Trinajstić information content (AvgIpc) is 3.60. The second-order valence-electron chi connectivity index (χ2n) is 12.4. The molecule has 10 aromatic rings. The summed E-state index contributed by atoms with van der Waals surface area (Å²) in [4.78, 5) is 0. The number of furan rings is 1. The molecule has 0 bridgehead atoms. The summed E-state index contributed by atoms with van der Waals surface area (Å²) in [5, 5.41) is 7.77. The first-order valence-electron chi connectivity index (χ1n) is 18.9. The van der Waals surface area contributed by atoms with Crippen LogP contribution in [-0.4, -0.2) is 0 Å². The lowest BCUT2D eigenvalue weighted by molar-refractivity contribution is 0.669. The van der Waals surface area contributed by atoms with Crippen LogP contribution in [0.5, 0.6) is 0 Å². The highest BCUT2D eigenvalue weighted by atomic mass is 16.3. The molecule has 0 fully saturated rings. The van der Waals surface area contributed by atoms with Gasteiger partial charge in [-0.25, -0.2) is 0 Å². The molecule has 1 aromatic heterocycles. The fourth-order valence-electron chi connectivity index (χ4n) is 7.70.